The van der Waals surface area contributed by atoms with Gasteiger partial charge < -0.3 is 35.0 Å². The van der Waals surface area contributed by atoms with Crippen molar-refractivity contribution >= 4 is 5.97 Å². The number of hydrogen-bond acceptors (Lipinski definition) is 8. The van der Waals surface area contributed by atoms with Crippen LogP contribution >= 0.6 is 0 Å². The van der Waals surface area contributed by atoms with Crippen LogP contribution in [0.2, 0.25) is 0 Å². The Morgan fingerprint density at radius 3 is 2.47 bits per heavy atom. The molecule has 34 heavy (non-hydrogen) atoms. The third-order valence-electron chi connectivity index (χ3n) is 10.6. The molecular weight excluding hydrogens is 440 g/mol. The smallest absolute Gasteiger partial charge is 0.314 e. The highest BCUT2D eigenvalue weighted by molar-refractivity contribution is 5.77. The third kappa shape index (κ3) is 3.29. The quantitative estimate of drug-likeness (QED) is 0.302. The van der Waals surface area contributed by atoms with Crippen molar-refractivity contribution in [1.29, 1.82) is 0 Å². The van der Waals surface area contributed by atoms with Gasteiger partial charge in [0.1, 0.15) is 24.4 Å². The molecule has 4 fully saturated rings. The summed E-state index contributed by atoms with van der Waals surface area (Å²) in [7, 11) is 0. The van der Waals surface area contributed by atoms with Gasteiger partial charge in [0.2, 0.25) is 6.29 Å². The van der Waals surface area contributed by atoms with Crippen molar-refractivity contribution in [3.8, 4) is 0 Å². The maximum Gasteiger partial charge on any atom is 0.314 e. The lowest BCUT2D eigenvalue weighted by atomic mass is 9.41. The van der Waals surface area contributed by atoms with Crippen molar-refractivity contribution in [3.63, 3.8) is 0 Å². The molecule has 1 aliphatic heterocycles. The van der Waals surface area contributed by atoms with Crippen LogP contribution in [0.5, 0.6) is 0 Å². The molecule has 3 saturated carbocycles. The highest BCUT2D eigenvalue weighted by atomic mass is 16.7. The number of rotatable bonds is 3. The van der Waals surface area contributed by atoms with Gasteiger partial charge in [-0.25, -0.2) is 0 Å². The number of fused-ring (bicyclic) bond motifs is 3. The summed E-state index contributed by atoms with van der Waals surface area (Å²) in [6, 6.07) is 0. The fraction of sp³-hybridized carbons (Fsp3) is 0.885. The van der Waals surface area contributed by atoms with Gasteiger partial charge in [-0.05, 0) is 87.0 Å². The second-order valence-electron chi connectivity index (χ2n) is 12.3. The number of ether oxygens (including phenoxy) is 2. The Morgan fingerprint density at radius 2 is 1.76 bits per heavy atom. The van der Waals surface area contributed by atoms with Gasteiger partial charge in [0, 0.05) is 0 Å². The Kier molecular flexibility index (Phi) is 5.79. The van der Waals surface area contributed by atoms with E-state index in [1.165, 1.54) is 0 Å². The van der Waals surface area contributed by atoms with Gasteiger partial charge >= 0.3 is 5.97 Å². The topological polar surface area (TPSA) is 137 Å². The van der Waals surface area contributed by atoms with Crippen molar-refractivity contribution in [3.05, 3.63) is 11.6 Å². The van der Waals surface area contributed by atoms with Gasteiger partial charge in [-0.1, -0.05) is 19.4 Å². The Bertz CT molecular complexity index is 873. The van der Waals surface area contributed by atoms with E-state index in [0.29, 0.717) is 12.3 Å². The first-order chi connectivity index (χ1) is 15.9. The number of aliphatic hydroxyl groups excluding tert-OH is 4. The molecular formula is C26H40O8. The normalized spacial score (nSPS) is 54.6. The van der Waals surface area contributed by atoms with Crippen LogP contribution in [0.1, 0.15) is 72.1 Å². The van der Waals surface area contributed by atoms with E-state index in [9.17, 15) is 30.3 Å². The molecule has 3 unspecified atom stereocenters. The maximum atomic E-state index is 13.7. The van der Waals surface area contributed by atoms with Gasteiger partial charge in [-0.2, -0.15) is 0 Å². The van der Waals surface area contributed by atoms with Crippen molar-refractivity contribution < 1.29 is 39.8 Å². The molecule has 192 valence electrons. The van der Waals surface area contributed by atoms with Crippen LogP contribution in [0.15, 0.2) is 11.6 Å². The minimum Gasteiger partial charge on any atom is -0.432 e. The second-order valence-corrected chi connectivity index (χ2v) is 12.3. The van der Waals surface area contributed by atoms with E-state index in [0.717, 1.165) is 50.5 Å². The minimum absolute atomic E-state index is 0.0121. The molecule has 4 aliphatic carbocycles. The third-order valence-corrected chi connectivity index (χ3v) is 10.6. The summed E-state index contributed by atoms with van der Waals surface area (Å²) in [5, 5.41) is 51.1. The van der Waals surface area contributed by atoms with E-state index in [2.05, 4.69) is 13.0 Å². The summed E-state index contributed by atoms with van der Waals surface area (Å²) in [4.78, 5) is 13.7. The first-order valence-corrected chi connectivity index (χ1v) is 12.8. The molecule has 8 nitrogen and oxygen atoms in total. The Labute approximate surface area is 201 Å². The van der Waals surface area contributed by atoms with Crippen molar-refractivity contribution in [2.75, 3.05) is 6.61 Å². The molecule has 5 rings (SSSR count). The van der Waals surface area contributed by atoms with Crippen LogP contribution in [0.25, 0.3) is 0 Å². The van der Waals surface area contributed by atoms with E-state index in [1.54, 1.807) is 0 Å². The summed E-state index contributed by atoms with van der Waals surface area (Å²) in [5.74, 6) is 0.00702. The molecule has 0 radical (unpaired) electrons. The molecule has 0 amide bonds. The van der Waals surface area contributed by atoms with E-state index in [-0.39, 0.29) is 16.7 Å². The van der Waals surface area contributed by atoms with Gasteiger partial charge in [0.25, 0.3) is 0 Å². The largest absolute Gasteiger partial charge is 0.432 e. The molecule has 1 spiro atoms. The van der Waals surface area contributed by atoms with Gasteiger partial charge in [-0.3, -0.25) is 4.79 Å². The van der Waals surface area contributed by atoms with Crippen LogP contribution in [-0.4, -0.2) is 74.4 Å². The molecule has 8 heteroatoms. The molecule has 0 aromatic carbocycles. The lowest BCUT2D eigenvalue weighted by Crippen LogP contribution is -2.62. The van der Waals surface area contributed by atoms with Crippen LogP contribution in [-0.2, 0) is 14.3 Å². The van der Waals surface area contributed by atoms with Crippen molar-refractivity contribution in [2.45, 2.75) is 108 Å². The van der Waals surface area contributed by atoms with E-state index in [4.69, 9.17) is 9.47 Å². The van der Waals surface area contributed by atoms with Gasteiger partial charge in [0.15, 0.2) is 0 Å². The molecule has 5 N–H and O–H groups in total. The maximum absolute atomic E-state index is 13.7. The number of aliphatic hydroxyl groups is 5. The van der Waals surface area contributed by atoms with Crippen LogP contribution in [0, 0.1) is 28.1 Å². The lowest BCUT2D eigenvalue weighted by Gasteiger charge is -2.63. The fourth-order valence-corrected chi connectivity index (χ4v) is 8.84. The number of hydrogen-bond donors (Lipinski definition) is 5. The first kappa shape index (κ1) is 24.7. The zero-order valence-electron chi connectivity index (χ0n) is 20.4. The van der Waals surface area contributed by atoms with Crippen molar-refractivity contribution in [1.82, 2.24) is 0 Å². The number of carbonyl (C=O) groups is 1. The molecule has 11 atom stereocenters. The predicted molar refractivity (Wildman–Crippen MR) is 121 cm³/mol. The molecule has 2 bridgehead atoms. The van der Waals surface area contributed by atoms with Crippen LogP contribution < -0.4 is 0 Å². The monoisotopic (exact) mass is 480 g/mol. The van der Waals surface area contributed by atoms with Gasteiger partial charge in [-0.15, -0.1) is 0 Å². The van der Waals surface area contributed by atoms with Crippen molar-refractivity contribution in [2.24, 2.45) is 28.1 Å². The first-order valence-electron chi connectivity index (χ1n) is 12.8. The Morgan fingerprint density at radius 1 is 1.06 bits per heavy atom. The fourth-order valence-electron chi connectivity index (χ4n) is 8.84. The van der Waals surface area contributed by atoms with Crippen LogP contribution in [0.3, 0.4) is 0 Å². The predicted octanol–water partition coefficient (Wildman–Crippen LogP) is 1.41. The highest BCUT2D eigenvalue weighted by Gasteiger charge is 2.66. The Balaban J connectivity index is 1.39. The highest BCUT2D eigenvalue weighted by Crippen LogP contribution is 2.71. The zero-order chi connectivity index (χ0) is 24.7. The van der Waals surface area contributed by atoms with E-state index < -0.39 is 54.3 Å². The molecule has 1 heterocycles. The number of carbonyl (C=O) groups excluding carboxylic acids is 1. The Hall–Kier alpha value is -1.03. The summed E-state index contributed by atoms with van der Waals surface area (Å²) >= 11 is 0. The summed E-state index contributed by atoms with van der Waals surface area (Å²) < 4.78 is 11.1. The standard InChI is InChI=1S/C26H40O8/c1-14-11-25-9-5-16-23(2,17(25)6-10-26(14,32)13-25)7-4-8-24(16,3)22(31)34-21-20(30)19(29)18(28)15(12-27)33-21/h11,15-21,27-30,32H,4-10,12-13H2,1-3H3/t15-,16?,17?,18-,19+,20-,21+,23+,24-,25?,26+/m1/s1. The van der Waals surface area contributed by atoms with E-state index >= 15 is 0 Å². The summed E-state index contributed by atoms with van der Waals surface area (Å²) in [5.41, 5.74) is -0.458. The zero-order valence-corrected chi connectivity index (χ0v) is 20.4. The van der Waals surface area contributed by atoms with Crippen LogP contribution in [0.4, 0.5) is 0 Å². The molecule has 5 aliphatic rings. The average Bonchev–Trinajstić information content (AvgIpc) is 2.96. The number of esters is 1. The molecule has 0 aromatic rings. The van der Waals surface area contributed by atoms with Gasteiger partial charge in [0.05, 0.1) is 17.6 Å². The minimum atomic E-state index is -1.60. The SMILES string of the molecule is CC1=CC23CCC4[C@](C)(CCC[C@@]4(C)C(=O)O[C@@H]4O[C@H](CO)[C@@H](O)[C@H](O)[C@H]4O)C2CC[C@]1(O)C3. The molecule has 0 aromatic heterocycles. The summed E-state index contributed by atoms with van der Waals surface area (Å²) in [6.45, 7) is 5.75. The summed E-state index contributed by atoms with van der Waals surface area (Å²) in [6.07, 6.45) is 1.94. The molecule has 1 saturated heterocycles. The second kappa shape index (κ2) is 7.98. The lowest BCUT2D eigenvalue weighted by molar-refractivity contribution is -0.298. The average molecular weight is 481 g/mol. The number of allylic oxidation sites excluding steroid dienone is 1. The van der Waals surface area contributed by atoms with E-state index in [1.807, 2.05) is 13.8 Å².